The highest BCUT2D eigenvalue weighted by molar-refractivity contribution is 6.31. The van der Waals surface area contributed by atoms with Crippen molar-refractivity contribution in [2.45, 2.75) is 50.9 Å². The van der Waals surface area contributed by atoms with Crippen LogP contribution in [0.2, 0.25) is 5.02 Å². The predicted octanol–water partition coefficient (Wildman–Crippen LogP) is 4.87. The number of nitrogens with one attached hydrogen (secondary N) is 1. The van der Waals surface area contributed by atoms with Crippen LogP contribution in [0.25, 0.3) is 22.2 Å². The van der Waals surface area contributed by atoms with Gasteiger partial charge in [-0.05, 0) is 80.0 Å². The molecule has 6 rings (SSSR count). The number of aromatic nitrogens is 2. The third-order valence-electron chi connectivity index (χ3n) is 7.24. The van der Waals surface area contributed by atoms with Gasteiger partial charge in [-0.25, -0.2) is 0 Å². The molecule has 0 unspecified atom stereocenters. The minimum atomic E-state index is -0.719. The SMILES string of the molecule is Cc1cc(C23CCC(CC2)CC3)c(Cl)cc1-c1cc(=O)c2c(C(N)=O)nccc2[nH]1. The average molecular weight is 422 g/mol. The molecule has 0 aliphatic heterocycles. The predicted molar refractivity (Wildman–Crippen MR) is 119 cm³/mol. The highest BCUT2D eigenvalue weighted by Gasteiger charge is 2.42. The largest absolute Gasteiger partial charge is 0.364 e. The number of amides is 1. The second kappa shape index (κ2) is 6.95. The molecule has 3 fully saturated rings. The van der Waals surface area contributed by atoms with E-state index in [0.717, 1.165) is 22.1 Å². The molecule has 2 bridgehead atoms. The number of fused-ring (bicyclic) bond motifs is 4. The lowest BCUT2D eigenvalue weighted by molar-refractivity contribution is 0.0997. The van der Waals surface area contributed by atoms with Crippen LogP contribution in [0.5, 0.6) is 0 Å². The van der Waals surface area contributed by atoms with E-state index < -0.39 is 5.91 Å². The van der Waals surface area contributed by atoms with Crippen LogP contribution in [-0.2, 0) is 5.41 Å². The van der Waals surface area contributed by atoms with Gasteiger partial charge >= 0.3 is 0 Å². The number of pyridine rings is 2. The molecule has 1 amide bonds. The Labute approximate surface area is 179 Å². The van der Waals surface area contributed by atoms with Crippen LogP contribution in [-0.4, -0.2) is 15.9 Å². The number of rotatable bonds is 3. The van der Waals surface area contributed by atoms with Crippen LogP contribution in [0.4, 0.5) is 0 Å². The van der Waals surface area contributed by atoms with Crippen LogP contribution in [0.3, 0.4) is 0 Å². The van der Waals surface area contributed by atoms with Crippen LogP contribution < -0.4 is 11.2 Å². The molecule has 30 heavy (non-hydrogen) atoms. The monoisotopic (exact) mass is 421 g/mol. The Morgan fingerprint density at radius 3 is 2.57 bits per heavy atom. The molecule has 3 saturated carbocycles. The number of aryl methyl sites for hydroxylation is 1. The van der Waals surface area contributed by atoms with Crippen molar-refractivity contribution in [2.24, 2.45) is 11.7 Å². The number of primary amides is 1. The first-order valence-corrected chi connectivity index (χ1v) is 10.9. The minimum absolute atomic E-state index is 0.0163. The Balaban J connectivity index is 1.63. The Hall–Kier alpha value is -2.66. The van der Waals surface area contributed by atoms with Crippen molar-refractivity contribution in [1.29, 1.82) is 0 Å². The molecular weight excluding hydrogens is 398 g/mol. The van der Waals surface area contributed by atoms with Crippen molar-refractivity contribution >= 4 is 28.4 Å². The first-order chi connectivity index (χ1) is 14.4. The number of nitrogens with zero attached hydrogens (tertiary/aromatic N) is 1. The molecule has 0 saturated heterocycles. The lowest BCUT2D eigenvalue weighted by Crippen LogP contribution is -2.37. The Morgan fingerprint density at radius 1 is 1.20 bits per heavy atom. The highest BCUT2D eigenvalue weighted by atomic mass is 35.5. The van der Waals surface area contributed by atoms with Gasteiger partial charge in [0.05, 0.1) is 16.6 Å². The molecule has 5 nitrogen and oxygen atoms in total. The van der Waals surface area contributed by atoms with Gasteiger partial charge in [0.2, 0.25) is 0 Å². The number of hydrogen-bond acceptors (Lipinski definition) is 3. The number of halogens is 1. The van der Waals surface area contributed by atoms with E-state index in [-0.39, 0.29) is 21.9 Å². The van der Waals surface area contributed by atoms with Gasteiger partial charge in [0, 0.05) is 22.8 Å². The fourth-order valence-corrected chi connectivity index (χ4v) is 5.93. The maximum absolute atomic E-state index is 12.8. The van der Waals surface area contributed by atoms with E-state index in [1.165, 1.54) is 56.4 Å². The molecule has 6 heteroatoms. The number of aromatic amines is 1. The smallest absolute Gasteiger partial charge is 0.268 e. The number of H-pyrrole nitrogens is 1. The van der Waals surface area contributed by atoms with Gasteiger partial charge in [-0.15, -0.1) is 0 Å². The summed E-state index contributed by atoms with van der Waals surface area (Å²) in [6.07, 6.45) is 9.01. The van der Waals surface area contributed by atoms with Gasteiger partial charge in [0.1, 0.15) is 5.69 Å². The lowest BCUT2D eigenvalue weighted by atomic mass is 9.58. The fourth-order valence-electron chi connectivity index (χ4n) is 5.56. The standard InChI is InChI=1S/C24H24ClN3O2/c1-13-10-16(24-6-2-14(3-7-24)4-8-24)17(25)11-15(13)19-12-20(29)21-18(28-19)5-9-27-22(21)23(26)30/h5,9-12,14H,2-4,6-8H2,1H3,(H2,26,30)(H,28,29). The quantitative estimate of drug-likeness (QED) is 0.632. The Morgan fingerprint density at radius 2 is 1.90 bits per heavy atom. The van der Waals surface area contributed by atoms with Gasteiger partial charge < -0.3 is 10.7 Å². The van der Waals surface area contributed by atoms with Gasteiger partial charge in [-0.1, -0.05) is 17.7 Å². The average Bonchev–Trinajstić information content (AvgIpc) is 2.75. The van der Waals surface area contributed by atoms with Gasteiger partial charge in [-0.2, -0.15) is 0 Å². The van der Waals surface area contributed by atoms with E-state index in [9.17, 15) is 9.59 Å². The zero-order valence-electron chi connectivity index (χ0n) is 16.9. The fraction of sp³-hybridized carbons (Fsp3) is 0.375. The maximum atomic E-state index is 12.8. The molecule has 3 N–H and O–H groups in total. The topological polar surface area (TPSA) is 88.8 Å². The minimum Gasteiger partial charge on any atom is -0.364 e. The molecule has 3 aromatic rings. The second-order valence-corrected chi connectivity index (χ2v) is 9.31. The number of carbonyl (C=O) groups excluding carboxylic acids is 1. The first-order valence-electron chi connectivity index (χ1n) is 10.5. The van der Waals surface area contributed by atoms with E-state index in [2.05, 4.69) is 23.0 Å². The van der Waals surface area contributed by atoms with E-state index >= 15 is 0 Å². The summed E-state index contributed by atoms with van der Waals surface area (Å²) in [4.78, 5) is 31.7. The van der Waals surface area contributed by atoms with Crippen molar-refractivity contribution in [3.8, 4) is 11.3 Å². The molecular formula is C24H24ClN3O2. The van der Waals surface area contributed by atoms with E-state index in [4.69, 9.17) is 17.3 Å². The van der Waals surface area contributed by atoms with E-state index in [1.807, 2.05) is 6.07 Å². The zero-order chi connectivity index (χ0) is 21.0. The molecule has 0 atom stereocenters. The summed E-state index contributed by atoms with van der Waals surface area (Å²) in [5, 5.41) is 0.983. The third kappa shape index (κ3) is 2.95. The first kappa shape index (κ1) is 19.3. The van der Waals surface area contributed by atoms with Crippen LogP contribution in [0.1, 0.15) is 60.1 Å². The number of carbonyl (C=O) groups is 1. The van der Waals surface area contributed by atoms with Crippen molar-refractivity contribution in [1.82, 2.24) is 9.97 Å². The van der Waals surface area contributed by atoms with Crippen LogP contribution in [0, 0.1) is 12.8 Å². The van der Waals surface area contributed by atoms with Gasteiger partial charge in [0.25, 0.3) is 5.91 Å². The maximum Gasteiger partial charge on any atom is 0.268 e. The molecule has 2 aromatic heterocycles. The van der Waals surface area contributed by atoms with Crippen LogP contribution in [0.15, 0.2) is 35.3 Å². The number of hydrogen-bond donors (Lipinski definition) is 2. The molecule has 0 spiro atoms. The molecule has 3 aliphatic carbocycles. The highest BCUT2D eigenvalue weighted by Crippen LogP contribution is 2.53. The Kier molecular flexibility index (Phi) is 4.47. The summed E-state index contributed by atoms with van der Waals surface area (Å²) in [5.41, 5.74) is 9.71. The van der Waals surface area contributed by atoms with Gasteiger partial charge in [-0.3, -0.25) is 14.6 Å². The summed E-state index contributed by atoms with van der Waals surface area (Å²) in [7, 11) is 0. The molecule has 0 radical (unpaired) electrons. The molecule has 1 aromatic carbocycles. The van der Waals surface area contributed by atoms with Gasteiger partial charge in [0.15, 0.2) is 5.43 Å². The zero-order valence-corrected chi connectivity index (χ0v) is 17.7. The number of benzene rings is 1. The third-order valence-corrected chi connectivity index (χ3v) is 7.56. The van der Waals surface area contributed by atoms with Crippen molar-refractivity contribution < 1.29 is 4.79 Å². The van der Waals surface area contributed by atoms with Crippen molar-refractivity contribution in [2.75, 3.05) is 0 Å². The normalized spacial score (nSPS) is 23.1. The summed E-state index contributed by atoms with van der Waals surface area (Å²) in [6.45, 7) is 2.06. The summed E-state index contributed by atoms with van der Waals surface area (Å²) in [6, 6.07) is 7.37. The second-order valence-electron chi connectivity index (χ2n) is 8.90. The summed E-state index contributed by atoms with van der Waals surface area (Å²) < 4.78 is 0. The summed E-state index contributed by atoms with van der Waals surface area (Å²) in [5.74, 6) is 0.178. The lowest BCUT2D eigenvalue weighted by Gasteiger charge is -2.47. The number of nitrogens with two attached hydrogens (primary N) is 1. The molecule has 2 heterocycles. The summed E-state index contributed by atoms with van der Waals surface area (Å²) >= 11 is 6.83. The molecule has 154 valence electrons. The van der Waals surface area contributed by atoms with Crippen molar-refractivity contribution in [3.05, 3.63) is 62.5 Å². The molecule has 3 aliphatic rings. The van der Waals surface area contributed by atoms with Crippen LogP contribution >= 0.6 is 11.6 Å². The van der Waals surface area contributed by atoms with E-state index in [0.29, 0.717) is 11.2 Å². The van der Waals surface area contributed by atoms with E-state index in [1.54, 1.807) is 6.07 Å². The van der Waals surface area contributed by atoms with Crippen molar-refractivity contribution in [3.63, 3.8) is 0 Å². The Bertz CT molecular complexity index is 1230.